The van der Waals surface area contributed by atoms with Crippen molar-refractivity contribution >= 4 is 39.3 Å². The number of carbonyl (C=O) groups is 4. The van der Waals surface area contributed by atoms with Crippen LogP contribution in [0.5, 0.6) is 0 Å². The molecule has 0 saturated carbocycles. The second kappa shape index (κ2) is 65.8. The molecule has 504 valence electrons. The molecule has 0 aliphatic carbocycles. The van der Waals surface area contributed by atoms with Gasteiger partial charge >= 0.3 is 15.6 Å². The molecule has 0 aromatic heterocycles. The van der Waals surface area contributed by atoms with Crippen LogP contribution in [0.4, 0.5) is 0 Å². The van der Waals surface area contributed by atoms with Crippen molar-refractivity contribution in [3.63, 3.8) is 0 Å². The first-order valence-corrected chi connectivity index (χ1v) is 34.8. The highest BCUT2D eigenvalue weighted by Gasteiger charge is 2.26. The van der Waals surface area contributed by atoms with Crippen molar-refractivity contribution in [2.75, 3.05) is 52.7 Å². The van der Waals surface area contributed by atoms with Gasteiger partial charge in [0.25, 0.3) is 0 Å². The molecule has 97 heavy (non-hydrogen) atoms. The lowest BCUT2D eigenvalue weighted by Crippen LogP contribution is -2.41. The Hall–Kier alpha value is -10.2. The van der Waals surface area contributed by atoms with Gasteiger partial charge in [-0.05, 0) is 108 Å². The Morgan fingerprint density at radius 1 is 0.340 bits per heavy atom. The fraction of sp³-hybridized carbons (Fsp3) is 0.481. The normalized spacial score (nSPS) is 10.6. The SMILES string of the molecule is C#CC#CC#CC#CC#CC#CC#CC#CC#COC[C@@H](COP(=O)(O)OCCNC(=O)CC(=O)NCCOP(=O)(O)OC[C@H](COC#CC#CC#CC#CC#CC#CC#CC#CC#C)NC(=O)CCCCCCCCCCCCC)NC(=O)CCCCCCCCCCCCC. The number of nitrogens with one attached hydrogen (secondary N) is 4. The summed E-state index contributed by atoms with van der Waals surface area (Å²) in [5.41, 5.74) is 0. The predicted molar refractivity (Wildman–Crippen MR) is 374 cm³/mol. The highest BCUT2D eigenvalue weighted by Crippen LogP contribution is 2.43. The fourth-order valence-electron chi connectivity index (χ4n) is 7.47. The van der Waals surface area contributed by atoms with Gasteiger partial charge in [-0.15, -0.1) is 12.8 Å². The second-order valence-electron chi connectivity index (χ2n) is 20.0. The maximum Gasteiger partial charge on any atom is 0.472 e. The van der Waals surface area contributed by atoms with Crippen molar-refractivity contribution in [1.29, 1.82) is 0 Å². The Bertz CT molecular complexity index is 3540. The van der Waals surface area contributed by atoms with E-state index in [1.807, 2.05) is 0 Å². The number of unbranched alkanes of at least 4 members (excludes halogenated alkanes) is 20. The number of phosphoric ester groups is 2. The molecule has 4 amide bonds. The summed E-state index contributed by atoms with van der Waals surface area (Å²) >= 11 is 0. The van der Waals surface area contributed by atoms with Crippen LogP contribution >= 0.6 is 15.6 Å². The molecule has 20 heteroatoms. The first kappa shape index (κ1) is 86.8. The molecule has 0 fully saturated rings. The van der Waals surface area contributed by atoms with Gasteiger partial charge in [0.2, 0.25) is 23.6 Å². The number of rotatable bonds is 46. The third kappa shape index (κ3) is 65.6. The summed E-state index contributed by atoms with van der Waals surface area (Å²) in [4.78, 5) is 71.6. The Morgan fingerprint density at radius 2 is 0.588 bits per heavy atom. The number of amides is 4. The lowest BCUT2D eigenvalue weighted by molar-refractivity contribution is -0.129. The molecule has 0 spiro atoms. The number of terminal acetylenes is 2. The molecule has 2 unspecified atom stereocenters. The number of phosphoric acid groups is 2. The summed E-state index contributed by atoms with van der Waals surface area (Å²) in [6.45, 7) is 1.16. The zero-order valence-corrected chi connectivity index (χ0v) is 57.1. The first-order valence-electron chi connectivity index (χ1n) is 31.8. The van der Waals surface area contributed by atoms with E-state index < -0.39 is 72.4 Å². The van der Waals surface area contributed by atoms with Crippen molar-refractivity contribution in [2.45, 2.75) is 186 Å². The standard InChI is InChI=1S/C77H82N4O14P2/c1-5-9-13-17-21-25-29-31-33-35-37-41-45-49-53-57-63-90-68-72(80-74(82)59-55-51-47-43-39-27-23-19-15-11-7-3)70-94-96(86,87)92-65-61-78-76(84)67-77(85)79-62-66-93-97(88,89)95-71-73(81-75(83)60-56-52-48-44-40-28-24-20-16-12-8-4)69-91-64-58-54-50-46-42-38-36-34-32-30-26-22-18-14-10-6-2/h1-2,72-73H,7-8,11-12,15-16,19-20,23-24,27-28,39-40,43-44,47-48,51-52,55-56,59-62,65-71H2,3-4H3,(H,78,84)(H,79,85)(H,80,82)(H,81,83)(H,86,87)(H,88,89)/t72-,73-/m0/s1. The van der Waals surface area contributed by atoms with Gasteiger partial charge in [-0.25, -0.2) is 9.13 Å². The van der Waals surface area contributed by atoms with E-state index in [0.717, 1.165) is 51.4 Å². The minimum Gasteiger partial charge on any atom is -0.444 e. The molecule has 0 aliphatic heterocycles. The molecule has 0 aromatic rings. The molecular weight excluding hydrogens is 1270 g/mol. The molecule has 0 saturated heterocycles. The van der Waals surface area contributed by atoms with Crippen LogP contribution in [-0.4, -0.2) is 98.2 Å². The first-order chi connectivity index (χ1) is 47.3. The van der Waals surface area contributed by atoms with Crippen molar-refractivity contribution in [3.8, 4) is 215 Å². The van der Waals surface area contributed by atoms with Gasteiger partial charge < -0.3 is 40.5 Å². The van der Waals surface area contributed by atoms with Crippen LogP contribution in [0, 0.1) is 215 Å². The van der Waals surface area contributed by atoms with Gasteiger partial charge in [0.15, 0.2) is 0 Å². The van der Waals surface area contributed by atoms with Gasteiger partial charge in [0.1, 0.15) is 31.8 Å². The second-order valence-corrected chi connectivity index (χ2v) is 22.9. The summed E-state index contributed by atoms with van der Waals surface area (Å²) in [5, 5.41) is 10.2. The van der Waals surface area contributed by atoms with Gasteiger partial charge in [0.05, 0.1) is 38.5 Å². The molecule has 0 aromatic carbocycles. The Morgan fingerprint density at radius 3 is 0.856 bits per heavy atom. The highest BCUT2D eigenvalue weighted by atomic mass is 31.2. The summed E-state index contributed by atoms with van der Waals surface area (Å²) in [7, 11) is -9.51. The molecule has 18 nitrogen and oxygen atoms in total. The zero-order chi connectivity index (χ0) is 70.9. The van der Waals surface area contributed by atoms with Crippen LogP contribution in [0.3, 0.4) is 0 Å². The van der Waals surface area contributed by atoms with Gasteiger partial charge in [0, 0.05) is 121 Å². The van der Waals surface area contributed by atoms with Crippen LogP contribution in [0.2, 0.25) is 0 Å². The quantitative estimate of drug-likeness (QED) is 0.0150. The molecular formula is C77H82N4O14P2. The molecule has 0 heterocycles. The third-order valence-electron chi connectivity index (χ3n) is 12.0. The Labute approximate surface area is 577 Å². The fourth-order valence-corrected chi connectivity index (χ4v) is 9.00. The van der Waals surface area contributed by atoms with Crippen molar-refractivity contribution < 1.29 is 65.7 Å². The lowest BCUT2D eigenvalue weighted by atomic mass is 10.1. The topological polar surface area (TPSA) is 246 Å². The maximum absolute atomic E-state index is 12.9. The van der Waals surface area contributed by atoms with Crippen molar-refractivity contribution in [1.82, 2.24) is 21.3 Å². The summed E-state index contributed by atoms with van der Waals surface area (Å²) in [6.07, 6.45) is 38.8. The summed E-state index contributed by atoms with van der Waals surface area (Å²) in [5.74, 6) is 75.5. The highest BCUT2D eigenvalue weighted by molar-refractivity contribution is 7.47. The largest absolute Gasteiger partial charge is 0.472 e. The van der Waals surface area contributed by atoms with E-state index in [2.05, 4.69) is 237 Å². The van der Waals surface area contributed by atoms with E-state index in [9.17, 15) is 38.1 Å². The van der Waals surface area contributed by atoms with Crippen LogP contribution in [-0.2, 0) is 55.9 Å². The molecule has 6 N–H and O–H groups in total. The number of hydrogen-bond donors (Lipinski definition) is 6. The lowest BCUT2D eigenvalue weighted by Gasteiger charge is -2.19. The van der Waals surface area contributed by atoms with Gasteiger partial charge in [-0.3, -0.25) is 37.3 Å². The number of carbonyl (C=O) groups excluding carboxylic acids is 4. The molecule has 0 radical (unpaired) electrons. The average Bonchev–Trinajstić information content (AvgIpc) is 1.77. The minimum absolute atomic E-state index is 0.205. The smallest absolute Gasteiger partial charge is 0.444 e. The third-order valence-corrected chi connectivity index (χ3v) is 14.0. The maximum atomic E-state index is 12.9. The average molecular weight is 1350 g/mol. The van der Waals surface area contributed by atoms with E-state index in [1.165, 1.54) is 77.0 Å². The zero-order valence-electron chi connectivity index (χ0n) is 55.3. The molecule has 0 rings (SSSR count). The number of ether oxygens (including phenoxy) is 2. The summed E-state index contributed by atoms with van der Waals surface area (Å²) < 4.78 is 56.6. The molecule has 0 bridgehead atoms. The van der Waals surface area contributed by atoms with E-state index in [4.69, 9.17) is 40.4 Å². The molecule has 4 atom stereocenters. The Kier molecular flexibility index (Phi) is 58.9. The van der Waals surface area contributed by atoms with Gasteiger partial charge in [-0.1, -0.05) is 142 Å². The van der Waals surface area contributed by atoms with Crippen LogP contribution in [0.1, 0.15) is 174 Å². The predicted octanol–water partition coefficient (Wildman–Crippen LogP) is 7.52. The van der Waals surface area contributed by atoms with Crippen LogP contribution < -0.4 is 21.3 Å². The minimum atomic E-state index is -4.76. The van der Waals surface area contributed by atoms with Crippen LogP contribution in [0.25, 0.3) is 0 Å². The summed E-state index contributed by atoms with van der Waals surface area (Å²) in [6, 6.07) is -1.89. The monoisotopic (exact) mass is 1350 g/mol. The van der Waals surface area contributed by atoms with E-state index >= 15 is 0 Å². The van der Waals surface area contributed by atoms with E-state index in [1.54, 1.807) is 0 Å². The van der Waals surface area contributed by atoms with E-state index in [-0.39, 0.29) is 51.0 Å². The van der Waals surface area contributed by atoms with Gasteiger partial charge in [-0.2, -0.15) is 0 Å². The Balaban J connectivity index is 5.32. The van der Waals surface area contributed by atoms with Crippen molar-refractivity contribution in [2.24, 2.45) is 0 Å². The number of hydrogen-bond acceptors (Lipinski definition) is 12. The molecule has 0 aliphatic rings. The van der Waals surface area contributed by atoms with Crippen molar-refractivity contribution in [3.05, 3.63) is 0 Å². The van der Waals surface area contributed by atoms with Crippen LogP contribution in [0.15, 0.2) is 0 Å². The van der Waals surface area contributed by atoms with E-state index in [0.29, 0.717) is 12.8 Å².